The smallest absolute Gasteiger partial charge is 0.102 e. The van der Waals surface area contributed by atoms with Gasteiger partial charge in [0, 0.05) is 12.6 Å². The van der Waals surface area contributed by atoms with E-state index in [1.807, 2.05) is 23.1 Å². The third kappa shape index (κ3) is 4.04. The van der Waals surface area contributed by atoms with Crippen LogP contribution in [0.25, 0.3) is 0 Å². The Labute approximate surface area is 97.3 Å². The highest BCUT2D eigenvalue weighted by molar-refractivity contribution is 5.15. The molecule has 1 atom stereocenters. The Balaban J connectivity index is 2.55. The van der Waals surface area contributed by atoms with Gasteiger partial charge in [-0.25, -0.2) is 4.39 Å². The molecule has 0 N–H and O–H groups in total. The van der Waals surface area contributed by atoms with Gasteiger partial charge < -0.3 is 0 Å². The lowest BCUT2D eigenvalue weighted by Crippen LogP contribution is -2.36. The molecule has 0 aliphatic rings. The quantitative estimate of drug-likeness (QED) is 0.664. The average molecular weight is 219 g/mol. The summed E-state index contributed by atoms with van der Waals surface area (Å²) in [5.41, 5.74) is 1.26. The highest BCUT2D eigenvalue weighted by atomic mass is 19.1. The van der Waals surface area contributed by atoms with Crippen molar-refractivity contribution in [1.82, 2.24) is 4.90 Å². The van der Waals surface area contributed by atoms with Gasteiger partial charge in [-0.15, -0.1) is 6.42 Å². The van der Waals surface area contributed by atoms with Gasteiger partial charge >= 0.3 is 0 Å². The average Bonchev–Trinajstić information content (AvgIpc) is 2.30. The van der Waals surface area contributed by atoms with E-state index in [0.717, 1.165) is 6.42 Å². The van der Waals surface area contributed by atoms with Crippen molar-refractivity contribution in [3.8, 4) is 12.3 Å². The van der Waals surface area contributed by atoms with Crippen molar-refractivity contribution in [1.29, 1.82) is 0 Å². The zero-order valence-electron chi connectivity index (χ0n) is 9.70. The highest BCUT2D eigenvalue weighted by Gasteiger charge is 2.12. The summed E-state index contributed by atoms with van der Waals surface area (Å²) >= 11 is 0. The normalized spacial score (nSPS) is 12.4. The Kier molecular flexibility index (Phi) is 5.60. The van der Waals surface area contributed by atoms with Crippen LogP contribution in [0.15, 0.2) is 30.3 Å². The van der Waals surface area contributed by atoms with Crippen LogP contribution in [-0.2, 0) is 6.42 Å². The minimum atomic E-state index is -0.346. The lowest BCUT2D eigenvalue weighted by molar-refractivity contribution is 0.214. The topological polar surface area (TPSA) is 3.24 Å². The number of benzene rings is 1. The third-order valence-electron chi connectivity index (χ3n) is 2.66. The molecule has 0 amide bonds. The standard InChI is InChI=1S/C14H18FN/c1-3-10-16(11-9-15)13(2)12-14-7-5-4-6-8-14/h1,4-8,13H,9-12H2,2H3/t13-/m0/s1. The molecule has 0 saturated heterocycles. The summed E-state index contributed by atoms with van der Waals surface area (Å²) in [6, 6.07) is 10.5. The summed E-state index contributed by atoms with van der Waals surface area (Å²) in [7, 11) is 0. The van der Waals surface area contributed by atoms with Crippen LogP contribution >= 0.6 is 0 Å². The van der Waals surface area contributed by atoms with Crippen LogP contribution in [-0.4, -0.2) is 30.7 Å². The Morgan fingerprint density at radius 1 is 1.38 bits per heavy atom. The molecule has 0 spiro atoms. The molecular weight excluding hydrogens is 201 g/mol. The van der Waals surface area contributed by atoms with Crippen LogP contribution in [0.2, 0.25) is 0 Å². The van der Waals surface area contributed by atoms with E-state index >= 15 is 0 Å². The second-order valence-electron chi connectivity index (χ2n) is 3.90. The van der Waals surface area contributed by atoms with Crippen molar-refractivity contribution in [2.75, 3.05) is 19.8 Å². The van der Waals surface area contributed by atoms with Crippen molar-refractivity contribution in [2.45, 2.75) is 19.4 Å². The van der Waals surface area contributed by atoms with Gasteiger partial charge in [-0.3, -0.25) is 4.90 Å². The minimum absolute atomic E-state index is 0.272. The Hall–Kier alpha value is -1.33. The van der Waals surface area contributed by atoms with Gasteiger partial charge in [0.05, 0.1) is 6.54 Å². The van der Waals surface area contributed by atoms with Crippen LogP contribution in [0.1, 0.15) is 12.5 Å². The number of hydrogen-bond acceptors (Lipinski definition) is 1. The lowest BCUT2D eigenvalue weighted by atomic mass is 10.1. The molecule has 1 aromatic carbocycles. The molecule has 0 aliphatic heterocycles. The van der Waals surface area contributed by atoms with Crippen molar-refractivity contribution in [3.05, 3.63) is 35.9 Å². The maximum Gasteiger partial charge on any atom is 0.102 e. The molecule has 16 heavy (non-hydrogen) atoms. The molecule has 1 aromatic rings. The van der Waals surface area contributed by atoms with Crippen molar-refractivity contribution < 1.29 is 4.39 Å². The molecule has 0 aliphatic carbocycles. The number of alkyl halides is 1. The summed E-state index contributed by atoms with van der Waals surface area (Å²) in [6.07, 6.45) is 6.18. The molecule has 0 unspecified atom stereocenters. The van der Waals surface area contributed by atoms with Crippen molar-refractivity contribution in [2.24, 2.45) is 0 Å². The first-order chi connectivity index (χ1) is 7.77. The van der Waals surface area contributed by atoms with E-state index in [4.69, 9.17) is 6.42 Å². The first-order valence-electron chi connectivity index (χ1n) is 5.55. The van der Waals surface area contributed by atoms with Crippen LogP contribution < -0.4 is 0 Å². The fourth-order valence-electron chi connectivity index (χ4n) is 1.77. The maximum absolute atomic E-state index is 12.4. The predicted molar refractivity (Wildman–Crippen MR) is 66.0 cm³/mol. The molecule has 1 rings (SSSR count). The summed E-state index contributed by atoms with van der Waals surface area (Å²) in [6.45, 7) is 2.66. The number of nitrogens with zero attached hydrogens (tertiary/aromatic N) is 1. The third-order valence-corrected chi connectivity index (χ3v) is 2.66. The zero-order valence-corrected chi connectivity index (χ0v) is 9.70. The second kappa shape index (κ2) is 7.03. The van der Waals surface area contributed by atoms with Gasteiger partial charge in [0.15, 0.2) is 0 Å². The fourth-order valence-corrected chi connectivity index (χ4v) is 1.77. The molecule has 0 fully saturated rings. The molecular formula is C14H18FN. The van der Waals surface area contributed by atoms with Gasteiger partial charge in [0.2, 0.25) is 0 Å². The monoisotopic (exact) mass is 219 g/mol. The van der Waals surface area contributed by atoms with Gasteiger partial charge in [-0.1, -0.05) is 36.3 Å². The van der Waals surface area contributed by atoms with E-state index in [1.54, 1.807) is 0 Å². The number of hydrogen-bond donors (Lipinski definition) is 0. The van der Waals surface area contributed by atoms with Crippen LogP contribution in [0.5, 0.6) is 0 Å². The molecule has 0 aromatic heterocycles. The number of rotatable bonds is 6. The SMILES string of the molecule is C#CCN(CCF)[C@@H](C)Cc1ccccc1. The van der Waals surface area contributed by atoms with E-state index in [-0.39, 0.29) is 12.7 Å². The lowest BCUT2D eigenvalue weighted by Gasteiger charge is -2.26. The predicted octanol–water partition coefficient (Wildman–Crippen LogP) is 2.52. The fraction of sp³-hybridized carbons (Fsp3) is 0.429. The van der Waals surface area contributed by atoms with Gasteiger partial charge in [-0.05, 0) is 18.9 Å². The van der Waals surface area contributed by atoms with Crippen molar-refractivity contribution in [3.63, 3.8) is 0 Å². The van der Waals surface area contributed by atoms with Crippen molar-refractivity contribution >= 4 is 0 Å². The zero-order chi connectivity index (χ0) is 11.8. The molecule has 1 nitrogen and oxygen atoms in total. The molecule has 0 saturated carbocycles. The summed E-state index contributed by atoms with van der Waals surface area (Å²) < 4.78 is 12.4. The summed E-state index contributed by atoms with van der Waals surface area (Å²) in [4.78, 5) is 1.99. The van der Waals surface area contributed by atoms with Gasteiger partial charge in [0.25, 0.3) is 0 Å². The Bertz CT molecular complexity index is 328. The summed E-state index contributed by atoms with van der Waals surface area (Å²) in [5, 5.41) is 0. The minimum Gasteiger partial charge on any atom is -0.287 e. The summed E-state index contributed by atoms with van der Waals surface area (Å²) in [5.74, 6) is 2.58. The van der Waals surface area contributed by atoms with E-state index in [9.17, 15) is 4.39 Å². The number of halogens is 1. The Morgan fingerprint density at radius 2 is 2.06 bits per heavy atom. The molecule has 0 bridgehead atoms. The van der Waals surface area contributed by atoms with Crippen LogP contribution in [0, 0.1) is 12.3 Å². The maximum atomic E-state index is 12.4. The van der Waals surface area contributed by atoms with Crippen LogP contribution in [0.3, 0.4) is 0 Å². The highest BCUT2D eigenvalue weighted by Crippen LogP contribution is 2.08. The molecule has 0 radical (unpaired) electrons. The Morgan fingerprint density at radius 3 is 2.62 bits per heavy atom. The first-order valence-corrected chi connectivity index (χ1v) is 5.55. The second-order valence-corrected chi connectivity index (χ2v) is 3.90. The van der Waals surface area contributed by atoms with E-state index < -0.39 is 0 Å². The van der Waals surface area contributed by atoms with E-state index in [2.05, 4.69) is 25.0 Å². The van der Waals surface area contributed by atoms with Gasteiger partial charge in [-0.2, -0.15) is 0 Å². The van der Waals surface area contributed by atoms with E-state index in [0.29, 0.717) is 13.1 Å². The van der Waals surface area contributed by atoms with Crippen LogP contribution in [0.4, 0.5) is 4.39 Å². The first kappa shape index (κ1) is 12.7. The van der Waals surface area contributed by atoms with Gasteiger partial charge in [0.1, 0.15) is 6.67 Å². The number of terminal acetylenes is 1. The molecule has 0 heterocycles. The van der Waals surface area contributed by atoms with E-state index in [1.165, 1.54) is 5.56 Å². The molecule has 86 valence electrons. The largest absolute Gasteiger partial charge is 0.287 e. The molecule has 2 heteroatoms.